The van der Waals surface area contributed by atoms with Crippen LogP contribution in [0.1, 0.15) is 18.4 Å². The summed E-state index contributed by atoms with van der Waals surface area (Å²) < 4.78 is 1.14. The number of rotatable bonds is 4. The molecule has 0 aliphatic heterocycles. The van der Waals surface area contributed by atoms with Crippen LogP contribution < -0.4 is 0 Å². The van der Waals surface area contributed by atoms with Crippen LogP contribution in [0, 0.1) is 0 Å². The highest BCUT2D eigenvalue weighted by Gasteiger charge is 2.15. The van der Waals surface area contributed by atoms with Gasteiger partial charge in [0, 0.05) is 29.1 Å². The Bertz CT molecular complexity index is 1070. The predicted molar refractivity (Wildman–Crippen MR) is 111 cm³/mol. The normalized spacial score (nSPS) is 12.9. The Morgan fingerprint density at radius 1 is 1.08 bits per heavy atom. The number of fused-ring (bicyclic) bond motifs is 3. The number of aromatic hydroxyl groups is 1. The maximum atomic E-state index is 10.6. The first kappa shape index (κ1) is 17.0. The molecule has 2 aromatic carbocycles. The van der Waals surface area contributed by atoms with Gasteiger partial charge in [0.15, 0.2) is 0 Å². The summed E-state index contributed by atoms with van der Waals surface area (Å²) in [6, 6.07) is 14.3. The van der Waals surface area contributed by atoms with Gasteiger partial charge in [0.05, 0.1) is 10.2 Å². The molecule has 132 valence electrons. The number of aromatic nitrogens is 1. The summed E-state index contributed by atoms with van der Waals surface area (Å²) in [6.07, 6.45) is 1.91. The molecule has 3 nitrogen and oxygen atoms in total. The highest BCUT2D eigenvalue weighted by atomic mass is 32.1. The zero-order valence-corrected chi connectivity index (χ0v) is 16.0. The van der Waals surface area contributed by atoms with Crippen LogP contribution in [-0.4, -0.2) is 35.6 Å². The number of pyridine rings is 1. The molecule has 0 bridgehead atoms. The van der Waals surface area contributed by atoms with Crippen molar-refractivity contribution in [2.75, 3.05) is 20.6 Å². The lowest BCUT2D eigenvalue weighted by atomic mass is 9.94. The zero-order chi connectivity index (χ0) is 18.3. The van der Waals surface area contributed by atoms with Crippen molar-refractivity contribution >= 4 is 32.3 Å². The van der Waals surface area contributed by atoms with Gasteiger partial charge in [-0.2, -0.15) is 0 Å². The number of hydrogen-bond acceptors (Lipinski definition) is 4. The fraction of sp³-hybridized carbons (Fsp3) is 0.227. The van der Waals surface area contributed by atoms with Crippen LogP contribution >= 0.6 is 11.3 Å². The highest BCUT2D eigenvalue weighted by Crippen LogP contribution is 2.40. The average Bonchev–Trinajstić information content (AvgIpc) is 3.10. The van der Waals surface area contributed by atoms with Gasteiger partial charge >= 0.3 is 0 Å². The maximum Gasteiger partial charge on any atom is 0.124 e. The number of phenols is 1. The smallest absolute Gasteiger partial charge is 0.124 e. The van der Waals surface area contributed by atoms with Gasteiger partial charge in [-0.05, 0) is 54.7 Å². The van der Waals surface area contributed by atoms with Gasteiger partial charge in [-0.1, -0.05) is 31.2 Å². The Kier molecular flexibility index (Phi) is 4.39. The van der Waals surface area contributed by atoms with Crippen LogP contribution in [0.2, 0.25) is 0 Å². The SMILES string of the molecule is C[C@@H](CN(C)C)c1ccc(-c2c(O)ccc3ncc4sccc4c23)cc1. The lowest BCUT2D eigenvalue weighted by Gasteiger charge is -2.18. The summed E-state index contributed by atoms with van der Waals surface area (Å²) in [4.78, 5) is 6.78. The Morgan fingerprint density at radius 2 is 1.85 bits per heavy atom. The molecule has 0 spiro atoms. The summed E-state index contributed by atoms with van der Waals surface area (Å²) in [5.74, 6) is 0.762. The second-order valence-corrected chi connectivity index (χ2v) is 8.04. The van der Waals surface area contributed by atoms with Crippen LogP contribution in [0.5, 0.6) is 5.75 Å². The first-order chi connectivity index (χ1) is 12.5. The molecule has 1 atom stereocenters. The summed E-state index contributed by atoms with van der Waals surface area (Å²) in [6.45, 7) is 3.25. The van der Waals surface area contributed by atoms with Crippen LogP contribution in [0.25, 0.3) is 32.1 Å². The zero-order valence-electron chi connectivity index (χ0n) is 15.2. The van der Waals surface area contributed by atoms with Crippen molar-refractivity contribution in [3.05, 3.63) is 59.6 Å². The fourth-order valence-corrected chi connectivity index (χ4v) is 4.40. The van der Waals surface area contributed by atoms with Gasteiger partial charge in [-0.15, -0.1) is 11.3 Å². The Balaban J connectivity index is 1.86. The lowest BCUT2D eigenvalue weighted by Crippen LogP contribution is -2.18. The van der Waals surface area contributed by atoms with Crippen molar-refractivity contribution < 1.29 is 5.11 Å². The van der Waals surface area contributed by atoms with Crippen molar-refractivity contribution in [1.29, 1.82) is 0 Å². The molecule has 1 N–H and O–H groups in total. The van der Waals surface area contributed by atoms with Crippen molar-refractivity contribution in [3.8, 4) is 16.9 Å². The van der Waals surface area contributed by atoms with Crippen LogP contribution in [0.4, 0.5) is 0 Å². The number of benzene rings is 2. The Morgan fingerprint density at radius 3 is 2.58 bits per heavy atom. The van der Waals surface area contributed by atoms with E-state index in [0.717, 1.165) is 38.7 Å². The standard InChI is InChI=1S/C22H22N2OS/c1-14(13-24(2)3)15-4-6-16(7-5-15)21-19(25)9-8-18-22(21)17-10-11-26-20(17)12-23-18/h4-12,14,25H,13H2,1-3H3/t14-/m0/s1. The van der Waals surface area contributed by atoms with Gasteiger partial charge in [0.25, 0.3) is 0 Å². The van der Waals surface area contributed by atoms with Crippen molar-refractivity contribution in [2.24, 2.45) is 0 Å². The van der Waals surface area contributed by atoms with Gasteiger partial charge < -0.3 is 10.0 Å². The second kappa shape index (κ2) is 6.71. The first-order valence-electron chi connectivity index (χ1n) is 8.77. The number of nitrogens with zero attached hydrogens (tertiary/aromatic N) is 2. The minimum absolute atomic E-state index is 0.298. The number of phenolic OH excluding ortho intramolecular Hbond substituents is 1. The minimum Gasteiger partial charge on any atom is -0.507 e. The van der Waals surface area contributed by atoms with Crippen LogP contribution in [0.3, 0.4) is 0 Å². The molecule has 0 amide bonds. The molecule has 0 saturated carbocycles. The van der Waals surface area contributed by atoms with Gasteiger partial charge in [0.2, 0.25) is 0 Å². The van der Waals surface area contributed by atoms with E-state index in [-0.39, 0.29) is 0 Å². The summed E-state index contributed by atoms with van der Waals surface area (Å²) in [7, 11) is 4.19. The molecule has 2 aromatic heterocycles. The molecule has 0 fully saturated rings. The van der Waals surface area contributed by atoms with E-state index >= 15 is 0 Å². The van der Waals surface area contributed by atoms with E-state index in [1.807, 2.05) is 12.3 Å². The van der Waals surface area contributed by atoms with Crippen molar-refractivity contribution in [2.45, 2.75) is 12.8 Å². The lowest BCUT2D eigenvalue weighted by molar-refractivity contribution is 0.383. The van der Waals surface area contributed by atoms with E-state index in [1.54, 1.807) is 17.4 Å². The molecule has 26 heavy (non-hydrogen) atoms. The topological polar surface area (TPSA) is 36.4 Å². The monoisotopic (exact) mass is 362 g/mol. The molecular weight excluding hydrogens is 340 g/mol. The van der Waals surface area contributed by atoms with E-state index in [4.69, 9.17) is 0 Å². The fourth-order valence-electron chi connectivity index (χ4n) is 3.64. The Hall–Kier alpha value is -2.43. The molecular formula is C22H22N2OS. The molecule has 0 aliphatic carbocycles. The Labute approximate surface area is 157 Å². The van der Waals surface area contributed by atoms with E-state index in [1.165, 1.54) is 5.56 Å². The van der Waals surface area contributed by atoms with E-state index in [0.29, 0.717) is 11.7 Å². The number of thiophene rings is 1. The number of hydrogen-bond donors (Lipinski definition) is 1. The molecule has 4 aromatic rings. The quantitative estimate of drug-likeness (QED) is 0.522. The summed E-state index contributed by atoms with van der Waals surface area (Å²) >= 11 is 1.68. The molecule has 0 aliphatic rings. The van der Waals surface area contributed by atoms with Gasteiger partial charge in [-0.3, -0.25) is 4.98 Å². The molecule has 4 heteroatoms. The highest BCUT2D eigenvalue weighted by molar-refractivity contribution is 7.17. The minimum atomic E-state index is 0.298. The van der Waals surface area contributed by atoms with Crippen molar-refractivity contribution in [1.82, 2.24) is 9.88 Å². The first-order valence-corrected chi connectivity index (χ1v) is 9.65. The third kappa shape index (κ3) is 2.96. The molecule has 4 rings (SSSR count). The van der Waals surface area contributed by atoms with E-state index < -0.39 is 0 Å². The third-order valence-corrected chi connectivity index (χ3v) is 5.71. The van der Waals surface area contributed by atoms with Crippen molar-refractivity contribution in [3.63, 3.8) is 0 Å². The summed E-state index contributed by atoms with van der Waals surface area (Å²) in [5.41, 5.74) is 4.11. The van der Waals surface area contributed by atoms with E-state index in [2.05, 4.69) is 66.6 Å². The van der Waals surface area contributed by atoms with Gasteiger partial charge in [0.1, 0.15) is 5.75 Å². The predicted octanol–water partition coefficient (Wildman–Crippen LogP) is 5.49. The molecule has 0 saturated heterocycles. The second-order valence-electron chi connectivity index (χ2n) is 7.10. The maximum absolute atomic E-state index is 10.6. The van der Waals surface area contributed by atoms with Crippen LogP contribution in [0.15, 0.2) is 54.0 Å². The number of likely N-dealkylation sites (N-methyl/N-ethyl adjacent to an activating group) is 1. The molecule has 0 unspecified atom stereocenters. The third-order valence-electron chi connectivity index (χ3n) is 4.85. The molecule has 2 heterocycles. The largest absolute Gasteiger partial charge is 0.507 e. The summed E-state index contributed by atoms with van der Waals surface area (Å²) in [5, 5.41) is 14.9. The van der Waals surface area contributed by atoms with Crippen LogP contribution in [-0.2, 0) is 0 Å². The van der Waals surface area contributed by atoms with E-state index in [9.17, 15) is 5.11 Å². The average molecular weight is 362 g/mol. The van der Waals surface area contributed by atoms with Gasteiger partial charge in [-0.25, -0.2) is 0 Å². The molecule has 0 radical (unpaired) electrons.